The first-order valence-electron chi connectivity index (χ1n) is 5.15. The van der Waals surface area contributed by atoms with Gasteiger partial charge in [0.1, 0.15) is 0 Å². The van der Waals surface area contributed by atoms with Crippen molar-refractivity contribution in [1.82, 2.24) is 0 Å². The summed E-state index contributed by atoms with van der Waals surface area (Å²) in [4.78, 5) is 22.5. The molecule has 5 nitrogen and oxygen atoms in total. The van der Waals surface area contributed by atoms with Crippen LogP contribution in [0.2, 0.25) is 0 Å². The van der Waals surface area contributed by atoms with Gasteiger partial charge >= 0.3 is 12.1 Å². The zero-order chi connectivity index (χ0) is 10.9. The van der Waals surface area contributed by atoms with Gasteiger partial charge in [-0.3, -0.25) is 0 Å². The molecule has 0 aromatic heterocycles. The zero-order valence-electron chi connectivity index (χ0n) is 8.65. The molecule has 5 heteroatoms. The van der Waals surface area contributed by atoms with Crippen molar-refractivity contribution >= 4 is 12.1 Å². The first kappa shape index (κ1) is 10.3. The molecule has 15 heavy (non-hydrogen) atoms. The maximum atomic E-state index is 11.5. The minimum Gasteiger partial charge on any atom is -0.466 e. The van der Waals surface area contributed by atoms with Crippen molar-refractivity contribution in [2.45, 2.75) is 43.8 Å². The summed E-state index contributed by atoms with van der Waals surface area (Å²) in [5, 5.41) is 0. The van der Waals surface area contributed by atoms with Crippen molar-refractivity contribution in [3.05, 3.63) is 0 Å². The van der Waals surface area contributed by atoms with Gasteiger partial charge in [-0.05, 0) is 25.7 Å². The SMILES string of the molecule is COC(=O)C1OC(=O)OC12CCCCC2. The van der Waals surface area contributed by atoms with E-state index in [1.807, 2.05) is 0 Å². The van der Waals surface area contributed by atoms with Crippen molar-refractivity contribution < 1.29 is 23.8 Å². The molecule has 2 rings (SSSR count). The van der Waals surface area contributed by atoms with Gasteiger partial charge in [0.15, 0.2) is 5.60 Å². The van der Waals surface area contributed by atoms with Gasteiger partial charge in [0.05, 0.1) is 7.11 Å². The Morgan fingerprint density at radius 1 is 1.40 bits per heavy atom. The quantitative estimate of drug-likeness (QED) is 0.617. The van der Waals surface area contributed by atoms with Gasteiger partial charge in [0, 0.05) is 0 Å². The third-order valence-electron chi connectivity index (χ3n) is 3.09. The van der Waals surface area contributed by atoms with E-state index in [0.717, 1.165) is 19.3 Å². The van der Waals surface area contributed by atoms with Crippen LogP contribution in [-0.2, 0) is 19.0 Å². The molecule has 0 amide bonds. The van der Waals surface area contributed by atoms with E-state index >= 15 is 0 Å². The van der Waals surface area contributed by atoms with Crippen LogP contribution in [0.4, 0.5) is 4.79 Å². The van der Waals surface area contributed by atoms with Crippen molar-refractivity contribution in [1.29, 1.82) is 0 Å². The van der Waals surface area contributed by atoms with E-state index in [4.69, 9.17) is 9.47 Å². The van der Waals surface area contributed by atoms with Crippen LogP contribution < -0.4 is 0 Å². The molecule has 1 saturated carbocycles. The van der Waals surface area contributed by atoms with E-state index in [-0.39, 0.29) is 0 Å². The second-order valence-electron chi connectivity index (χ2n) is 4.00. The standard InChI is InChI=1S/C10H14O5/c1-13-8(11)7-10(15-9(12)14-7)5-3-2-4-6-10/h7H,2-6H2,1H3. The number of carbonyl (C=O) groups excluding carboxylic acids is 2. The van der Waals surface area contributed by atoms with Gasteiger partial charge in [-0.1, -0.05) is 6.42 Å². The minimum atomic E-state index is -0.879. The summed E-state index contributed by atoms with van der Waals surface area (Å²) in [5.74, 6) is -0.525. The Morgan fingerprint density at radius 3 is 2.67 bits per heavy atom. The van der Waals surface area contributed by atoms with Crippen molar-refractivity contribution in [2.75, 3.05) is 7.11 Å². The fraction of sp³-hybridized carbons (Fsp3) is 0.800. The van der Waals surface area contributed by atoms with E-state index < -0.39 is 23.8 Å². The highest BCUT2D eigenvalue weighted by Crippen LogP contribution is 2.40. The largest absolute Gasteiger partial charge is 0.509 e. The van der Waals surface area contributed by atoms with Crippen molar-refractivity contribution in [3.8, 4) is 0 Å². The Kier molecular flexibility index (Phi) is 2.54. The summed E-state index contributed by atoms with van der Waals surface area (Å²) in [6, 6.07) is 0. The first-order valence-corrected chi connectivity index (χ1v) is 5.15. The molecule has 0 N–H and O–H groups in total. The molecular weight excluding hydrogens is 200 g/mol. The van der Waals surface area contributed by atoms with E-state index in [0.29, 0.717) is 12.8 Å². The Balaban J connectivity index is 2.19. The molecule has 1 unspecified atom stereocenters. The molecule has 84 valence electrons. The van der Waals surface area contributed by atoms with Crippen LogP contribution in [0.25, 0.3) is 0 Å². The maximum absolute atomic E-state index is 11.5. The van der Waals surface area contributed by atoms with E-state index in [2.05, 4.69) is 4.74 Å². The average molecular weight is 214 g/mol. The number of esters is 1. The molecule has 1 heterocycles. The second kappa shape index (κ2) is 3.72. The van der Waals surface area contributed by atoms with E-state index in [1.165, 1.54) is 7.11 Å². The molecule has 1 saturated heterocycles. The van der Waals surface area contributed by atoms with E-state index in [9.17, 15) is 9.59 Å². The summed E-state index contributed by atoms with van der Waals surface area (Å²) in [5.41, 5.74) is -0.761. The van der Waals surface area contributed by atoms with Gasteiger partial charge in [0.25, 0.3) is 0 Å². The molecule has 1 aliphatic carbocycles. The number of hydrogen-bond acceptors (Lipinski definition) is 5. The lowest BCUT2D eigenvalue weighted by Crippen LogP contribution is -2.46. The minimum absolute atomic E-state index is 0.525. The smallest absolute Gasteiger partial charge is 0.466 e. The van der Waals surface area contributed by atoms with Crippen LogP contribution in [0, 0.1) is 0 Å². The third-order valence-corrected chi connectivity index (χ3v) is 3.09. The van der Waals surface area contributed by atoms with Crippen LogP contribution in [0.1, 0.15) is 32.1 Å². The lowest BCUT2D eigenvalue weighted by molar-refractivity contribution is -0.155. The van der Waals surface area contributed by atoms with Crippen LogP contribution in [0.5, 0.6) is 0 Å². The third kappa shape index (κ3) is 1.66. The number of carbonyl (C=O) groups is 2. The van der Waals surface area contributed by atoms with Crippen LogP contribution in [-0.4, -0.2) is 30.9 Å². The van der Waals surface area contributed by atoms with E-state index in [1.54, 1.807) is 0 Å². The fourth-order valence-electron chi connectivity index (χ4n) is 2.33. The fourth-order valence-corrected chi connectivity index (χ4v) is 2.33. The van der Waals surface area contributed by atoms with Crippen LogP contribution in [0.15, 0.2) is 0 Å². The summed E-state index contributed by atoms with van der Waals surface area (Å²) < 4.78 is 14.6. The zero-order valence-corrected chi connectivity index (χ0v) is 8.65. The summed E-state index contributed by atoms with van der Waals surface area (Å²) in [6.07, 6.45) is 2.72. The molecule has 1 atom stereocenters. The molecule has 1 spiro atoms. The monoisotopic (exact) mass is 214 g/mol. The predicted molar refractivity (Wildman–Crippen MR) is 49.2 cm³/mol. The van der Waals surface area contributed by atoms with Gasteiger partial charge in [0.2, 0.25) is 6.10 Å². The number of rotatable bonds is 1. The number of methoxy groups -OCH3 is 1. The van der Waals surface area contributed by atoms with Gasteiger partial charge < -0.3 is 14.2 Å². The highest BCUT2D eigenvalue weighted by molar-refractivity contribution is 5.81. The first-order chi connectivity index (χ1) is 7.18. The topological polar surface area (TPSA) is 61.8 Å². The highest BCUT2D eigenvalue weighted by Gasteiger charge is 2.55. The molecule has 2 fully saturated rings. The Bertz CT molecular complexity index is 280. The number of hydrogen-bond donors (Lipinski definition) is 0. The molecule has 0 radical (unpaired) electrons. The van der Waals surface area contributed by atoms with Gasteiger partial charge in [-0.15, -0.1) is 0 Å². The molecule has 2 aliphatic rings. The van der Waals surface area contributed by atoms with Gasteiger partial charge in [-0.2, -0.15) is 0 Å². The number of cyclic esters (lactones) is 1. The molecule has 0 bridgehead atoms. The number of ether oxygens (including phenoxy) is 3. The Hall–Kier alpha value is -1.26. The molecular formula is C10H14O5. The lowest BCUT2D eigenvalue weighted by Gasteiger charge is -2.32. The summed E-state index contributed by atoms with van der Waals surface area (Å²) in [7, 11) is 1.28. The highest BCUT2D eigenvalue weighted by atomic mass is 16.8. The Labute approximate surface area is 87.7 Å². The molecule has 0 aromatic rings. The normalized spacial score (nSPS) is 28.3. The van der Waals surface area contributed by atoms with Crippen molar-refractivity contribution in [3.63, 3.8) is 0 Å². The average Bonchev–Trinajstić information content (AvgIpc) is 2.55. The maximum Gasteiger partial charge on any atom is 0.509 e. The molecule has 0 aromatic carbocycles. The van der Waals surface area contributed by atoms with Crippen LogP contribution >= 0.6 is 0 Å². The summed E-state index contributed by atoms with van der Waals surface area (Å²) in [6.45, 7) is 0. The lowest BCUT2D eigenvalue weighted by atomic mass is 9.81. The predicted octanol–water partition coefficient (Wildman–Crippen LogP) is 1.40. The van der Waals surface area contributed by atoms with Crippen molar-refractivity contribution in [2.24, 2.45) is 0 Å². The Morgan fingerprint density at radius 2 is 2.07 bits per heavy atom. The summed E-state index contributed by atoms with van der Waals surface area (Å²) >= 11 is 0. The second-order valence-corrected chi connectivity index (χ2v) is 4.00. The van der Waals surface area contributed by atoms with Gasteiger partial charge in [-0.25, -0.2) is 9.59 Å². The van der Waals surface area contributed by atoms with Crippen LogP contribution in [0.3, 0.4) is 0 Å². The molecule has 1 aliphatic heterocycles.